The number of carbonyl (C=O) groups is 2. The van der Waals surface area contributed by atoms with Gasteiger partial charge in [0.1, 0.15) is 6.04 Å². The van der Waals surface area contributed by atoms with Crippen LogP contribution in [0.5, 0.6) is 0 Å². The fourth-order valence-corrected chi connectivity index (χ4v) is 1.08. The molecule has 0 fully saturated rings. The summed E-state index contributed by atoms with van der Waals surface area (Å²) >= 11 is 0. The average molecular weight is 254 g/mol. The van der Waals surface area contributed by atoms with Crippen molar-refractivity contribution in [1.29, 1.82) is 0 Å². The summed E-state index contributed by atoms with van der Waals surface area (Å²) < 4.78 is 0. The second kappa shape index (κ2) is 9.15. The molecular weight excluding hydrogens is 236 g/mol. The Morgan fingerprint density at radius 1 is 1.17 bits per heavy atom. The molecule has 18 heavy (non-hydrogen) atoms. The molecule has 1 atom stereocenters. The molecule has 6 nitrogen and oxygen atoms in total. The van der Waals surface area contributed by atoms with Crippen LogP contribution in [0.15, 0.2) is 30.3 Å². The maximum absolute atomic E-state index is 10.4. The minimum Gasteiger partial charge on any atom is -0.481 e. The first-order valence-electron chi connectivity index (χ1n) is 5.41. The van der Waals surface area contributed by atoms with Crippen LogP contribution in [0.3, 0.4) is 0 Å². The minimum atomic E-state index is -0.959. The lowest BCUT2D eigenvalue weighted by Crippen LogP contribution is -2.32. The predicted molar refractivity (Wildman–Crippen MR) is 67.1 cm³/mol. The fourth-order valence-electron chi connectivity index (χ4n) is 1.08. The van der Waals surface area contributed by atoms with Gasteiger partial charge in [0, 0.05) is 6.54 Å². The third kappa shape index (κ3) is 8.26. The Morgan fingerprint density at radius 2 is 1.72 bits per heavy atom. The van der Waals surface area contributed by atoms with E-state index in [4.69, 9.17) is 21.7 Å². The van der Waals surface area contributed by atoms with Crippen molar-refractivity contribution in [3.05, 3.63) is 35.9 Å². The third-order valence-corrected chi connectivity index (χ3v) is 1.97. The Labute approximate surface area is 105 Å². The highest BCUT2D eigenvalue weighted by Crippen LogP contribution is 2.01. The van der Waals surface area contributed by atoms with Crippen molar-refractivity contribution in [2.45, 2.75) is 18.9 Å². The number of nitrogens with two attached hydrogens (primary N) is 2. The van der Waals surface area contributed by atoms with E-state index in [9.17, 15) is 9.59 Å². The molecular formula is C12H18N2O4. The normalized spacial score (nSPS) is 11.0. The summed E-state index contributed by atoms with van der Waals surface area (Å²) in [5, 5.41) is 16.4. The highest BCUT2D eigenvalue weighted by Gasteiger charge is 2.10. The van der Waals surface area contributed by atoms with Crippen molar-refractivity contribution in [2.75, 3.05) is 6.54 Å². The largest absolute Gasteiger partial charge is 0.481 e. The molecule has 0 heterocycles. The molecule has 1 unspecified atom stereocenters. The van der Waals surface area contributed by atoms with Crippen LogP contribution in [0.25, 0.3) is 0 Å². The number of aliphatic carboxylic acids is 2. The van der Waals surface area contributed by atoms with Gasteiger partial charge in [-0.3, -0.25) is 9.59 Å². The van der Waals surface area contributed by atoms with Gasteiger partial charge in [-0.1, -0.05) is 30.3 Å². The zero-order chi connectivity index (χ0) is 14.0. The summed E-state index contributed by atoms with van der Waals surface area (Å²) in [5.41, 5.74) is 11.1. The quantitative estimate of drug-likeness (QED) is 0.588. The van der Waals surface area contributed by atoms with Gasteiger partial charge >= 0.3 is 11.9 Å². The van der Waals surface area contributed by atoms with E-state index in [0.717, 1.165) is 5.56 Å². The molecule has 0 radical (unpaired) electrons. The molecule has 0 aromatic heterocycles. The first-order chi connectivity index (χ1) is 8.47. The Kier molecular flexibility index (Phi) is 8.17. The smallest absolute Gasteiger partial charge is 0.320 e. The van der Waals surface area contributed by atoms with Crippen molar-refractivity contribution in [3.63, 3.8) is 0 Å². The standard InChI is InChI=1S/C9H11NO2.C3H7NO2/c10-8(9(11)12)6-7-4-2-1-3-5-7;4-2-1-3(5)6/h1-5,8H,6,10H2,(H,11,12);1-2,4H2,(H,5,6). The van der Waals surface area contributed by atoms with Crippen LogP contribution in [0.2, 0.25) is 0 Å². The van der Waals surface area contributed by atoms with Gasteiger partial charge in [-0.15, -0.1) is 0 Å². The van der Waals surface area contributed by atoms with Crippen molar-refractivity contribution < 1.29 is 19.8 Å². The van der Waals surface area contributed by atoms with Crippen LogP contribution in [-0.2, 0) is 16.0 Å². The Bertz CT molecular complexity index is 368. The average Bonchev–Trinajstić information content (AvgIpc) is 2.30. The van der Waals surface area contributed by atoms with E-state index >= 15 is 0 Å². The van der Waals surface area contributed by atoms with E-state index in [0.29, 0.717) is 6.42 Å². The van der Waals surface area contributed by atoms with Gasteiger partial charge < -0.3 is 21.7 Å². The first kappa shape index (κ1) is 16.1. The van der Waals surface area contributed by atoms with E-state index in [1.54, 1.807) is 0 Å². The zero-order valence-electron chi connectivity index (χ0n) is 9.95. The molecule has 0 aliphatic rings. The molecule has 0 aliphatic heterocycles. The summed E-state index contributed by atoms with van der Waals surface area (Å²) in [7, 11) is 0. The van der Waals surface area contributed by atoms with Crippen molar-refractivity contribution in [1.82, 2.24) is 0 Å². The monoisotopic (exact) mass is 254 g/mol. The Hall–Kier alpha value is -1.92. The molecule has 0 amide bonds. The number of carboxylic acid groups (broad SMARTS) is 2. The van der Waals surface area contributed by atoms with Crippen LogP contribution < -0.4 is 11.5 Å². The summed E-state index contributed by atoms with van der Waals surface area (Å²) in [6.45, 7) is 0.231. The molecule has 6 heteroatoms. The fraction of sp³-hybridized carbons (Fsp3) is 0.333. The van der Waals surface area contributed by atoms with Crippen molar-refractivity contribution >= 4 is 11.9 Å². The van der Waals surface area contributed by atoms with Crippen LogP contribution in [0, 0.1) is 0 Å². The van der Waals surface area contributed by atoms with Crippen LogP contribution in [0.4, 0.5) is 0 Å². The lowest BCUT2D eigenvalue weighted by atomic mass is 10.1. The van der Waals surface area contributed by atoms with Gasteiger partial charge in [0.25, 0.3) is 0 Å². The lowest BCUT2D eigenvalue weighted by Gasteiger charge is -2.04. The molecule has 0 spiro atoms. The number of rotatable bonds is 5. The topological polar surface area (TPSA) is 127 Å². The van der Waals surface area contributed by atoms with Crippen LogP contribution >= 0.6 is 0 Å². The minimum absolute atomic E-state index is 0.0694. The highest BCUT2D eigenvalue weighted by molar-refractivity contribution is 5.73. The molecule has 100 valence electrons. The van der Waals surface area contributed by atoms with Gasteiger partial charge in [-0.25, -0.2) is 0 Å². The molecule has 6 N–H and O–H groups in total. The van der Waals surface area contributed by atoms with Crippen LogP contribution in [-0.4, -0.2) is 34.7 Å². The van der Waals surface area contributed by atoms with Gasteiger partial charge in [0.05, 0.1) is 6.42 Å². The lowest BCUT2D eigenvalue weighted by molar-refractivity contribution is -0.138. The van der Waals surface area contributed by atoms with Gasteiger partial charge in [0.2, 0.25) is 0 Å². The maximum Gasteiger partial charge on any atom is 0.320 e. The van der Waals surface area contributed by atoms with Crippen LogP contribution in [0.1, 0.15) is 12.0 Å². The molecule has 0 bridgehead atoms. The predicted octanol–water partition coefficient (Wildman–Crippen LogP) is 0.0608. The number of hydrogen-bond acceptors (Lipinski definition) is 4. The Morgan fingerprint density at radius 3 is 2.06 bits per heavy atom. The van der Waals surface area contributed by atoms with Crippen molar-refractivity contribution in [3.8, 4) is 0 Å². The van der Waals surface area contributed by atoms with Gasteiger partial charge in [0.15, 0.2) is 0 Å². The van der Waals surface area contributed by atoms with E-state index in [1.165, 1.54) is 0 Å². The van der Waals surface area contributed by atoms with E-state index in [2.05, 4.69) is 0 Å². The SMILES string of the molecule is NC(Cc1ccccc1)C(=O)O.NCCC(=O)O. The molecule has 0 saturated heterocycles. The molecule has 0 aliphatic carbocycles. The van der Waals surface area contributed by atoms with Gasteiger partial charge in [-0.2, -0.15) is 0 Å². The van der Waals surface area contributed by atoms with Gasteiger partial charge in [-0.05, 0) is 12.0 Å². The van der Waals surface area contributed by atoms with E-state index < -0.39 is 18.0 Å². The summed E-state index contributed by atoms with van der Waals surface area (Å²) in [6.07, 6.45) is 0.455. The second-order valence-corrected chi connectivity index (χ2v) is 3.57. The number of benzene rings is 1. The number of hydrogen-bond donors (Lipinski definition) is 4. The highest BCUT2D eigenvalue weighted by atomic mass is 16.4. The van der Waals surface area contributed by atoms with E-state index in [-0.39, 0.29) is 13.0 Å². The molecule has 1 aromatic carbocycles. The summed E-state index contributed by atoms with van der Waals surface area (Å²) in [4.78, 5) is 19.9. The Balaban J connectivity index is 0.000000411. The molecule has 1 rings (SSSR count). The molecule has 0 saturated carbocycles. The number of carboxylic acids is 2. The second-order valence-electron chi connectivity index (χ2n) is 3.57. The van der Waals surface area contributed by atoms with E-state index in [1.807, 2.05) is 30.3 Å². The van der Waals surface area contributed by atoms with Crippen molar-refractivity contribution in [2.24, 2.45) is 11.5 Å². The first-order valence-corrected chi connectivity index (χ1v) is 5.41. The third-order valence-electron chi connectivity index (χ3n) is 1.97. The molecule has 1 aromatic rings. The maximum atomic E-state index is 10.4. The zero-order valence-corrected chi connectivity index (χ0v) is 9.95. The summed E-state index contributed by atoms with van der Waals surface area (Å²) in [6, 6.07) is 8.54. The summed E-state index contributed by atoms with van der Waals surface area (Å²) in [5.74, 6) is -1.80.